The van der Waals surface area contributed by atoms with Crippen LogP contribution in [0.3, 0.4) is 0 Å². The summed E-state index contributed by atoms with van der Waals surface area (Å²) in [5.74, 6) is 0.501. The van der Waals surface area contributed by atoms with Gasteiger partial charge in [0.1, 0.15) is 11.9 Å². The molecule has 0 unspecified atom stereocenters. The predicted octanol–water partition coefficient (Wildman–Crippen LogP) is 2.07. The number of benzene rings is 2. The van der Waals surface area contributed by atoms with Gasteiger partial charge in [-0.15, -0.1) is 0 Å². The Morgan fingerprint density at radius 3 is 2.63 bits per heavy atom. The van der Waals surface area contributed by atoms with Gasteiger partial charge >= 0.3 is 0 Å². The van der Waals surface area contributed by atoms with Crippen molar-refractivity contribution in [2.24, 2.45) is 5.14 Å². The number of sulfonamides is 1. The molecule has 0 bridgehead atoms. The summed E-state index contributed by atoms with van der Waals surface area (Å²) in [6.07, 6.45) is 3.41. The SMILES string of the molecule is C[C@@H](C(=O)NCc1cccc(S(N)(=O)=O)c1)n1ccnc1-c1ccccc1. The largest absolute Gasteiger partial charge is 0.350 e. The molecule has 0 aliphatic heterocycles. The monoisotopic (exact) mass is 384 g/mol. The molecule has 8 heteroatoms. The minimum Gasteiger partial charge on any atom is -0.350 e. The molecule has 3 aromatic rings. The fraction of sp³-hybridized carbons (Fsp3) is 0.158. The molecule has 0 fully saturated rings. The summed E-state index contributed by atoms with van der Waals surface area (Å²) in [7, 11) is -3.78. The van der Waals surface area contributed by atoms with Crippen molar-refractivity contribution in [3.05, 3.63) is 72.6 Å². The molecule has 0 saturated carbocycles. The Hall–Kier alpha value is -2.97. The van der Waals surface area contributed by atoms with Gasteiger partial charge in [-0.2, -0.15) is 0 Å². The maximum Gasteiger partial charge on any atom is 0.243 e. The molecule has 0 aliphatic carbocycles. The lowest BCUT2D eigenvalue weighted by Gasteiger charge is -2.16. The van der Waals surface area contributed by atoms with E-state index in [1.165, 1.54) is 12.1 Å². The second-order valence-corrected chi connectivity index (χ2v) is 7.67. The molecule has 140 valence electrons. The van der Waals surface area contributed by atoms with Crippen LogP contribution in [0.1, 0.15) is 18.5 Å². The number of nitrogens with one attached hydrogen (secondary N) is 1. The van der Waals surface area contributed by atoms with Crippen LogP contribution in [0, 0.1) is 0 Å². The van der Waals surface area contributed by atoms with Crippen LogP contribution in [-0.2, 0) is 21.4 Å². The van der Waals surface area contributed by atoms with Crippen LogP contribution in [0.4, 0.5) is 0 Å². The summed E-state index contributed by atoms with van der Waals surface area (Å²) >= 11 is 0. The molecule has 0 spiro atoms. The molecule has 27 heavy (non-hydrogen) atoms. The van der Waals surface area contributed by atoms with E-state index in [-0.39, 0.29) is 17.3 Å². The smallest absolute Gasteiger partial charge is 0.243 e. The summed E-state index contributed by atoms with van der Waals surface area (Å²) in [5, 5.41) is 7.96. The number of aromatic nitrogens is 2. The lowest BCUT2D eigenvalue weighted by atomic mass is 10.2. The summed E-state index contributed by atoms with van der Waals surface area (Å²) < 4.78 is 24.7. The van der Waals surface area contributed by atoms with Gasteiger partial charge < -0.3 is 9.88 Å². The first kappa shape index (κ1) is 18.8. The first-order valence-electron chi connectivity index (χ1n) is 8.34. The van der Waals surface area contributed by atoms with E-state index in [2.05, 4.69) is 10.3 Å². The van der Waals surface area contributed by atoms with Gasteiger partial charge in [0, 0.05) is 24.5 Å². The van der Waals surface area contributed by atoms with Crippen molar-refractivity contribution in [1.82, 2.24) is 14.9 Å². The van der Waals surface area contributed by atoms with Crippen molar-refractivity contribution >= 4 is 15.9 Å². The number of hydrogen-bond acceptors (Lipinski definition) is 4. The highest BCUT2D eigenvalue weighted by Gasteiger charge is 2.18. The molecule has 3 rings (SSSR count). The molecule has 0 saturated heterocycles. The lowest BCUT2D eigenvalue weighted by Crippen LogP contribution is -2.30. The van der Waals surface area contributed by atoms with Crippen LogP contribution in [0.25, 0.3) is 11.4 Å². The molecule has 3 N–H and O–H groups in total. The zero-order chi connectivity index (χ0) is 19.4. The van der Waals surface area contributed by atoms with E-state index in [0.29, 0.717) is 11.4 Å². The molecule has 1 heterocycles. The summed E-state index contributed by atoms with van der Waals surface area (Å²) in [6.45, 7) is 1.98. The van der Waals surface area contributed by atoms with Crippen molar-refractivity contribution in [3.8, 4) is 11.4 Å². The number of imidazole rings is 1. The fourth-order valence-corrected chi connectivity index (χ4v) is 3.32. The minimum atomic E-state index is -3.78. The Labute approximate surface area is 157 Å². The highest BCUT2D eigenvalue weighted by molar-refractivity contribution is 7.89. The van der Waals surface area contributed by atoms with E-state index < -0.39 is 16.1 Å². The lowest BCUT2D eigenvalue weighted by molar-refractivity contribution is -0.124. The third kappa shape index (κ3) is 4.42. The second-order valence-electron chi connectivity index (χ2n) is 6.11. The molecular formula is C19H20N4O3S. The Balaban J connectivity index is 1.72. The van der Waals surface area contributed by atoms with Gasteiger partial charge in [0.2, 0.25) is 15.9 Å². The molecule has 1 amide bonds. The standard InChI is InChI=1S/C19H20N4O3S/c1-14(23-11-10-21-18(23)16-7-3-2-4-8-16)19(24)22-13-15-6-5-9-17(12-15)27(20,25)26/h2-12,14H,13H2,1H3,(H,22,24)(H2,20,25,26)/t14-/m0/s1. The molecule has 1 atom stereocenters. The van der Waals surface area contributed by atoms with E-state index in [4.69, 9.17) is 5.14 Å². The number of hydrogen-bond donors (Lipinski definition) is 2. The summed E-state index contributed by atoms with van der Waals surface area (Å²) in [6, 6.07) is 15.3. The van der Waals surface area contributed by atoms with Crippen LogP contribution in [0.2, 0.25) is 0 Å². The maximum atomic E-state index is 12.6. The second kappa shape index (κ2) is 7.73. The van der Waals surface area contributed by atoms with Gasteiger partial charge in [0.25, 0.3) is 0 Å². The third-order valence-corrected chi connectivity index (χ3v) is 5.10. The first-order valence-corrected chi connectivity index (χ1v) is 9.88. The average Bonchev–Trinajstić information content (AvgIpc) is 3.15. The highest BCUT2D eigenvalue weighted by Crippen LogP contribution is 2.21. The van der Waals surface area contributed by atoms with E-state index in [0.717, 1.165) is 5.56 Å². The van der Waals surface area contributed by atoms with Crippen LogP contribution in [-0.4, -0.2) is 23.9 Å². The normalized spacial score (nSPS) is 12.5. The Kier molecular flexibility index (Phi) is 5.38. The Morgan fingerprint density at radius 2 is 1.93 bits per heavy atom. The summed E-state index contributed by atoms with van der Waals surface area (Å²) in [5.41, 5.74) is 1.57. The van der Waals surface area contributed by atoms with Gasteiger partial charge in [-0.3, -0.25) is 4.79 Å². The number of carbonyl (C=O) groups excluding carboxylic acids is 1. The van der Waals surface area contributed by atoms with Crippen LogP contribution < -0.4 is 10.5 Å². The number of nitrogens with zero attached hydrogens (tertiary/aromatic N) is 2. The maximum absolute atomic E-state index is 12.6. The fourth-order valence-electron chi connectivity index (χ4n) is 2.73. The first-order chi connectivity index (χ1) is 12.9. The van der Waals surface area contributed by atoms with Crippen LogP contribution in [0.5, 0.6) is 0 Å². The number of amides is 1. The Morgan fingerprint density at radius 1 is 1.19 bits per heavy atom. The van der Waals surface area contributed by atoms with E-state index in [9.17, 15) is 13.2 Å². The van der Waals surface area contributed by atoms with E-state index >= 15 is 0 Å². The molecular weight excluding hydrogens is 364 g/mol. The van der Waals surface area contributed by atoms with E-state index in [1.807, 2.05) is 30.3 Å². The van der Waals surface area contributed by atoms with Crippen LogP contribution in [0.15, 0.2) is 71.9 Å². The number of rotatable bonds is 6. The number of nitrogens with two attached hydrogens (primary N) is 1. The van der Waals surface area contributed by atoms with Gasteiger partial charge in [-0.1, -0.05) is 42.5 Å². The van der Waals surface area contributed by atoms with Gasteiger partial charge in [-0.25, -0.2) is 18.5 Å². The van der Waals surface area contributed by atoms with E-state index in [1.54, 1.807) is 36.0 Å². The molecule has 0 radical (unpaired) electrons. The highest BCUT2D eigenvalue weighted by atomic mass is 32.2. The van der Waals surface area contributed by atoms with Gasteiger partial charge in [-0.05, 0) is 24.6 Å². The topological polar surface area (TPSA) is 107 Å². The molecule has 1 aromatic heterocycles. The van der Waals surface area contributed by atoms with Gasteiger partial charge in [0.15, 0.2) is 0 Å². The van der Waals surface area contributed by atoms with Crippen molar-refractivity contribution in [3.63, 3.8) is 0 Å². The zero-order valence-electron chi connectivity index (χ0n) is 14.7. The zero-order valence-corrected chi connectivity index (χ0v) is 15.6. The minimum absolute atomic E-state index is 0.0169. The quantitative estimate of drug-likeness (QED) is 0.678. The van der Waals surface area contributed by atoms with Crippen molar-refractivity contribution in [2.45, 2.75) is 24.4 Å². The predicted molar refractivity (Wildman–Crippen MR) is 102 cm³/mol. The molecule has 2 aromatic carbocycles. The third-order valence-electron chi connectivity index (χ3n) is 4.19. The summed E-state index contributed by atoms with van der Waals surface area (Å²) in [4.78, 5) is 16.9. The molecule has 7 nitrogen and oxygen atoms in total. The Bertz CT molecular complexity index is 1050. The molecule has 0 aliphatic rings. The average molecular weight is 384 g/mol. The van der Waals surface area contributed by atoms with Crippen molar-refractivity contribution in [2.75, 3.05) is 0 Å². The van der Waals surface area contributed by atoms with Crippen molar-refractivity contribution < 1.29 is 13.2 Å². The van der Waals surface area contributed by atoms with Crippen molar-refractivity contribution in [1.29, 1.82) is 0 Å². The van der Waals surface area contributed by atoms with Crippen LogP contribution >= 0.6 is 0 Å². The number of carbonyl (C=O) groups is 1. The van der Waals surface area contributed by atoms with Gasteiger partial charge in [0.05, 0.1) is 4.90 Å². The number of primary sulfonamides is 1.